The number of nitrogens with zero attached hydrogens (tertiary/aromatic N) is 3. The van der Waals surface area contributed by atoms with Gasteiger partial charge in [0.15, 0.2) is 6.29 Å². The van der Waals surface area contributed by atoms with Gasteiger partial charge in [-0.2, -0.15) is 9.78 Å². The lowest BCUT2D eigenvalue weighted by Gasteiger charge is -2.26. The average Bonchev–Trinajstić information content (AvgIpc) is 3.02. The molecule has 1 aromatic carbocycles. The Hall–Kier alpha value is -2.53. The Morgan fingerprint density at radius 3 is 2.64 bits per heavy atom. The molecular formula is C22H29ClN4O6. The molecule has 3 N–H and O–H groups in total. The van der Waals surface area contributed by atoms with Crippen LogP contribution in [0.3, 0.4) is 0 Å². The van der Waals surface area contributed by atoms with Gasteiger partial charge in [0.1, 0.15) is 6.20 Å². The van der Waals surface area contributed by atoms with E-state index in [1.54, 1.807) is 0 Å². The third-order valence-electron chi connectivity index (χ3n) is 5.88. The first-order valence-electron chi connectivity index (χ1n) is 10.9. The molecular weight excluding hydrogens is 452 g/mol. The Morgan fingerprint density at radius 2 is 1.97 bits per heavy atom. The summed E-state index contributed by atoms with van der Waals surface area (Å²) in [6, 6.07) is 4.37. The number of aromatic nitrogens is 3. The largest absolute Gasteiger partial charge is 0.388 e. The second kappa shape index (κ2) is 11.1. The molecule has 33 heavy (non-hydrogen) atoms. The molecule has 0 saturated heterocycles. The van der Waals surface area contributed by atoms with Gasteiger partial charge in [0.25, 0.3) is 11.5 Å². The van der Waals surface area contributed by atoms with E-state index in [1.165, 1.54) is 25.3 Å². The van der Waals surface area contributed by atoms with Gasteiger partial charge in [-0.25, -0.2) is 4.79 Å². The van der Waals surface area contributed by atoms with Crippen molar-refractivity contribution >= 4 is 17.5 Å². The molecule has 0 spiro atoms. The molecule has 2 aromatic rings. The van der Waals surface area contributed by atoms with Crippen LogP contribution in [-0.4, -0.2) is 56.0 Å². The van der Waals surface area contributed by atoms with Crippen LogP contribution >= 0.6 is 11.6 Å². The maximum absolute atomic E-state index is 12.8. The Morgan fingerprint density at radius 1 is 1.27 bits per heavy atom. The van der Waals surface area contributed by atoms with Crippen LogP contribution in [0.5, 0.6) is 0 Å². The van der Waals surface area contributed by atoms with E-state index < -0.39 is 29.0 Å². The predicted molar refractivity (Wildman–Crippen MR) is 122 cm³/mol. The summed E-state index contributed by atoms with van der Waals surface area (Å²) < 4.78 is 6.64. The van der Waals surface area contributed by atoms with Gasteiger partial charge >= 0.3 is 5.69 Å². The standard InChI is InChI=1S/C22H29ClN4O6/c1-33-19(29)8-11-26-18(28)13-25-27(21(26)31)15-6-7-17(23)16(12-15)20(30)24-14-22(32)9-4-2-3-5-10-22/h6-7,12-13,19,29,32H,2-5,8-11,14H2,1H3,(H,24,30). The number of ether oxygens (including phenoxy) is 1. The van der Waals surface area contributed by atoms with Crippen molar-refractivity contribution < 1.29 is 19.7 Å². The zero-order chi connectivity index (χ0) is 24.0. The van der Waals surface area contributed by atoms with Gasteiger partial charge in [-0.1, -0.05) is 37.3 Å². The highest BCUT2D eigenvalue weighted by Crippen LogP contribution is 2.27. The van der Waals surface area contributed by atoms with E-state index in [1.807, 2.05) is 0 Å². The van der Waals surface area contributed by atoms with Gasteiger partial charge in [-0.3, -0.25) is 14.2 Å². The summed E-state index contributed by atoms with van der Waals surface area (Å²) in [5.74, 6) is -0.482. The molecule has 0 bridgehead atoms. The minimum Gasteiger partial charge on any atom is -0.388 e. The molecule has 1 unspecified atom stereocenters. The van der Waals surface area contributed by atoms with E-state index in [-0.39, 0.29) is 35.8 Å². The van der Waals surface area contributed by atoms with Crippen LogP contribution in [0, 0.1) is 0 Å². The van der Waals surface area contributed by atoms with Crippen molar-refractivity contribution in [3.63, 3.8) is 0 Å². The summed E-state index contributed by atoms with van der Waals surface area (Å²) in [6.07, 6.45) is 5.11. The molecule has 0 aliphatic heterocycles. The van der Waals surface area contributed by atoms with Crippen LogP contribution in [0.4, 0.5) is 0 Å². The minimum absolute atomic E-state index is 0.0346. The molecule has 1 aromatic heterocycles. The lowest BCUT2D eigenvalue weighted by atomic mass is 9.94. The molecule has 1 aliphatic rings. The fourth-order valence-corrected chi connectivity index (χ4v) is 4.10. The smallest absolute Gasteiger partial charge is 0.352 e. The van der Waals surface area contributed by atoms with Crippen molar-refractivity contribution in [3.8, 4) is 5.69 Å². The Bertz CT molecular complexity index is 1090. The number of rotatable bonds is 8. The van der Waals surface area contributed by atoms with Crippen LogP contribution in [0.25, 0.3) is 5.69 Å². The van der Waals surface area contributed by atoms with Gasteiger partial charge in [-0.05, 0) is 31.0 Å². The first-order chi connectivity index (χ1) is 15.7. The number of nitrogens with one attached hydrogen (secondary N) is 1. The number of aliphatic hydroxyl groups excluding tert-OH is 1. The third-order valence-corrected chi connectivity index (χ3v) is 6.21. The molecule has 10 nitrogen and oxygen atoms in total. The van der Waals surface area contributed by atoms with Gasteiger partial charge in [-0.15, -0.1) is 0 Å². The molecule has 0 radical (unpaired) electrons. The minimum atomic E-state index is -1.12. The first-order valence-corrected chi connectivity index (χ1v) is 11.3. The number of aliphatic hydroxyl groups is 2. The van der Waals surface area contributed by atoms with E-state index in [4.69, 9.17) is 16.3 Å². The molecule has 180 valence electrons. The van der Waals surface area contributed by atoms with Crippen molar-refractivity contribution in [3.05, 3.63) is 55.8 Å². The molecule has 3 rings (SSSR count). The first kappa shape index (κ1) is 25.1. The number of methoxy groups -OCH3 is 1. The predicted octanol–water partition coefficient (Wildman–Crippen LogP) is 1.22. The summed E-state index contributed by atoms with van der Waals surface area (Å²) in [6.45, 7) is 0.0337. The van der Waals surface area contributed by atoms with Crippen molar-refractivity contribution in [1.82, 2.24) is 19.7 Å². The molecule has 1 heterocycles. The van der Waals surface area contributed by atoms with Crippen LogP contribution in [0.1, 0.15) is 55.3 Å². The van der Waals surface area contributed by atoms with E-state index in [9.17, 15) is 24.6 Å². The van der Waals surface area contributed by atoms with Crippen molar-refractivity contribution in [2.75, 3.05) is 13.7 Å². The highest BCUT2D eigenvalue weighted by Gasteiger charge is 2.29. The zero-order valence-corrected chi connectivity index (χ0v) is 19.3. The summed E-state index contributed by atoms with van der Waals surface area (Å²) in [5.41, 5.74) is -1.94. The lowest BCUT2D eigenvalue weighted by Crippen LogP contribution is -2.42. The fraction of sp³-hybridized carbons (Fsp3) is 0.545. The van der Waals surface area contributed by atoms with Crippen LogP contribution in [-0.2, 0) is 11.3 Å². The van der Waals surface area contributed by atoms with Gasteiger partial charge in [0.2, 0.25) is 0 Å². The molecule has 11 heteroatoms. The lowest BCUT2D eigenvalue weighted by molar-refractivity contribution is -0.0805. The highest BCUT2D eigenvalue weighted by molar-refractivity contribution is 6.33. The summed E-state index contributed by atoms with van der Waals surface area (Å²) >= 11 is 6.23. The van der Waals surface area contributed by atoms with E-state index in [0.29, 0.717) is 12.8 Å². The van der Waals surface area contributed by atoms with Gasteiger partial charge in [0.05, 0.1) is 21.9 Å². The molecule has 1 atom stereocenters. The summed E-state index contributed by atoms with van der Waals surface area (Å²) in [7, 11) is 1.31. The topological polar surface area (TPSA) is 136 Å². The monoisotopic (exact) mass is 480 g/mol. The summed E-state index contributed by atoms with van der Waals surface area (Å²) in [4.78, 5) is 37.8. The molecule has 1 saturated carbocycles. The van der Waals surface area contributed by atoms with Crippen molar-refractivity contribution in [2.45, 2.75) is 63.4 Å². The number of carbonyl (C=O) groups is 1. The van der Waals surface area contributed by atoms with Crippen molar-refractivity contribution in [1.29, 1.82) is 0 Å². The average molecular weight is 481 g/mol. The van der Waals surface area contributed by atoms with Crippen LogP contribution in [0.2, 0.25) is 5.02 Å². The van der Waals surface area contributed by atoms with Crippen LogP contribution < -0.4 is 16.6 Å². The van der Waals surface area contributed by atoms with Gasteiger partial charge < -0.3 is 20.3 Å². The SMILES string of the molecule is COC(O)CCn1c(=O)cnn(-c2ccc(Cl)c(C(=O)NCC3(O)CCCCCC3)c2)c1=O. The zero-order valence-electron chi connectivity index (χ0n) is 18.5. The fourth-order valence-electron chi connectivity index (χ4n) is 3.90. The third kappa shape index (κ3) is 6.29. The van der Waals surface area contributed by atoms with E-state index in [0.717, 1.165) is 41.1 Å². The van der Waals surface area contributed by atoms with Gasteiger partial charge in [0, 0.05) is 26.6 Å². The Labute approximate surface area is 195 Å². The Kier molecular flexibility index (Phi) is 8.41. The summed E-state index contributed by atoms with van der Waals surface area (Å²) in [5, 5.41) is 27.2. The quantitative estimate of drug-likeness (QED) is 0.381. The second-order valence-corrected chi connectivity index (χ2v) is 8.70. The second-order valence-electron chi connectivity index (χ2n) is 8.29. The van der Waals surface area contributed by atoms with E-state index >= 15 is 0 Å². The normalized spacial score (nSPS) is 16.7. The maximum Gasteiger partial charge on any atom is 0.352 e. The maximum atomic E-state index is 12.8. The number of amides is 1. The number of halogens is 1. The molecule has 1 aliphatic carbocycles. The number of benzene rings is 1. The van der Waals surface area contributed by atoms with E-state index in [2.05, 4.69) is 10.4 Å². The Balaban J connectivity index is 1.83. The number of carbonyl (C=O) groups excluding carboxylic acids is 1. The van der Waals surface area contributed by atoms with Crippen LogP contribution in [0.15, 0.2) is 34.0 Å². The number of hydrogen-bond acceptors (Lipinski definition) is 7. The highest BCUT2D eigenvalue weighted by atomic mass is 35.5. The number of hydrogen-bond donors (Lipinski definition) is 3. The molecule has 1 amide bonds. The van der Waals surface area contributed by atoms with Crippen molar-refractivity contribution in [2.24, 2.45) is 0 Å². The molecule has 1 fully saturated rings.